The van der Waals surface area contributed by atoms with E-state index in [-0.39, 0.29) is 15.8 Å². The molecule has 2 nitrogen and oxygen atoms in total. The molecule has 0 aromatic heterocycles. The molecule has 1 N–H and O–H groups in total. The van der Waals surface area contributed by atoms with Crippen LogP contribution in [-0.2, 0) is 0 Å². The van der Waals surface area contributed by atoms with E-state index < -0.39 is 17.8 Å². The Kier molecular flexibility index (Phi) is 3.21. The van der Waals surface area contributed by atoms with Crippen LogP contribution in [0.5, 0.6) is 5.75 Å². The Morgan fingerprint density at radius 3 is 2.50 bits per heavy atom. The molecule has 0 spiro atoms. The van der Waals surface area contributed by atoms with E-state index in [1.54, 1.807) is 0 Å². The average molecular weight is 265 g/mol. The SMILES string of the molecule is CC(=O)c1cc(Br)c(O)cc1C(F)F. The number of hydrogen-bond donors (Lipinski definition) is 1. The minimum atomic E-state index is -2.77. The standard InChI is InChI=1S/C9H7BrF2O2/c1-4(13)5-2-7(10)8(14)3-6(5)9(11)12/h2-3,9,14H,1H3. The first-order valence-electron chi connectivity index (χ1n) is 3.75. The number of phenolic OH excluding ortho intramolecular Hbond substituents is 1. The van der Waals surface area contributed by atoms with E-state index in [1.807, 2.05) is 0 Å². The van der Waals surface area contributed by atoms with E-state index in [2.05, 4.69) is 15.9 Å². The summed E-state index contributed by atoms with van der Waals surface area (Å²) in [5, 5.41) is 9.16. The maximum atomic E-state index is 12.4. The van der Waals surface area contributed by atoms with Crippen molar-refractivity contribution in [2.24, 2.45) is 0 Å². The van der Waals surface area contributed by atoms with Gasteiger partial charge in [0.05, 0.1) is 4.47 Å². The van der Waals surface area contributed by atoms with Crippen LogP contribution in [0.25, 0.3) is 0 Å². The summed E-state index contributed by atoms with van der Waals surface area (Å²) in [7, 11) is 0. The number of benzene rings is 1. The molecule has 14 heavy (non-hydrogen) atoms. The van der Waals surface area contributed by atoms with Crippen LogP contribution in [0.1, 0.15) is 29.3 Å². The highest BCUT2D eigenvalue weighted by Gasteiger charge is 2.18. The lowest BCUT2D eigenvalue weighted by molar-refractivity contribution is 0.0998. The number of hydrogen-bond acceptors (Lipinski definition) is 2. The molecule has 1 rings (SSSR count). The number of aromatic hydroxyl groups is 1. The molecule has 0 bridgehead atoms. The van der Waals surface area contributed by atoms with Crippen molar-refractivity contribution in [3.05, 3.63) is 27.7 Å². The molecule has 0 fully saturated rings. The molecule has 5 heteroatoms. The smallest absolute Gasteiger partial charge is 0.264 e. The minimum Gasteiger partial charge on any atom is -0.507 e. The summed E-state index contributed by atoms with van der Waals surface area (Å²) >= 11 is 2.95. The van der Waals surface area contributed by atoms with Crippen molar-refractivity contribution in [2.45, 2.75) is 13.3 Å². The molecule has 0 radical (unpaired) electrons. The Hall–Kier alpha value is -0.970. The first-order chi connectivity index (χ1) is 6.43. The average Bonchev–Trinajstić information content (AvgIpc) is 2.08. The molecule has 0 aliphatic carbocycles. The fraction of sp³-hybridized carbons (Fsp3) is 0.222. The predicted octanol–water partition coefficient (Wildman–Crippen LogP) is 3.29. The third-order valence-corrected chi connectivity index (χ3v) is 2.37. The normalized spacial score (nSPS) is 10.6. The monoisotopic (exact) mass is 264 g/mol. The molecule has 0 amide bonds. The summed E-state index contributed by atoms with van der Waals surface area (Å²) in [6, 6.07) is 2.09. The van der Waals surface area contributed by atoms with Gasteiger partial charge >= 0.3 is 0 Å². The zero-order valence-electron chi connectivity index (χ0n) is 7.22. The molecule has 0 saturated carbocycles. The van der Waals surface area contributed by atoms with Crippen LogP contribution in [0.15, 0.2) is 16.6 Å². The van der Waals surface area contributed by atoms with Crippen molar-refractivity contribution in [3.8, 4) is 5.75 Å². The summed E-state index contributed by atoms with van der Waals surface area (Å²) in [6.07, 6.45) is -2.77. The van der Waals surface area contributed by atoms with Crippen LogP contribution in [-0.4, -0.2) is 10.9 Å². The molecule has 1 aromatic carbocycles. The highest BCUT2D eigenvalue weighted by molar-refractivity contribution is 9.10. The lowest BCUT2D eigenvalue weighted by Gasteiger charge is -2.07. The molecule has 0 unspecified atom stereocenters. The van der Waals surface area contributed by atoms with Crippen LogP contribution >= 0.6 is 15.9 Å². The highest BCUT2D eigenvalue weighted by atomic mass is 79.9. The fourth-order valence-electron chi connectivity index (χ4n) is 1.06. The highest BCUT2D eigenvalue weighted by Crippen LogP contribution is 2.32. The molecule has 1 aromatic rings. The van der Waals surface area contributed by atoms with Gasteiger partial charge in [0.2, 0.25) is 0 Å². The summed E-state index contributed by atoms with van der Waals surface area (Å²) in [5.74, 6) is -0.758. The van der Waals surface area contributed by atoms with Gasteiger partial charge in [0.25, 0.3) is 6.43 Å². The summed E-state index contributed by atoms with van der Waals surface area (Å²) in [6.45, 7) is 1.20. The van der Waals surface area contributed by atoms with Crippen molar-refractivity contribution in [3.63, 3.8) is 0 Å². The van der Waals surface area contributed by atoms with Gasteiger partial charge in [0, 0.05) is 11.1 Å². The number of ketones is 1. The quantitative estimate of drug-likeness (QED) is 0.833. The molecule has 0 aliphatic heterocycles. The van der Waals surface area contributed by atoms with Crippen molar-refractivity contribution in [1.29, 1.82) is 0 Å². The zero-order valence-corrected chi connectivity index (χ0v) is 8.81. The second-order valence-electron chi connectivity index (χ2n) is 2.75. The van der Waals surface area contributed by atoms with Crippen LogP contribution in [0.4, 0.5) is 8.78 Å². The van der Waals surface area contributed by atoms with Gasteiger partial charge in [-0.1, -0.05) is 0 Å². The number of alkyl halides is 2. The predicted molar refractivity (Wildman–Crippen MR) is 50.8 cm³/mol. The Bertz CT molecular complexity index is 377. The van der Waals surface area contributed by atoms with Crippen LogP contribution in [0.2, 0.25) is 0 Å². The maximum Gasteiger partial charge on any atom is 0.264 e. The van der Waals surface area contributed by atoms with Crippen LogP contribution in [0, 0.1) is 0 Å². The third-order valence-electron chi connectivity index (χ3n) is 1.73. The molecular formula is C9H7BrF2O2. The number of carbonyl (C=O) groups is 1. The van der Waals surface area contributed by atoms with Crippen molar-refractivity contribution in [1.82, 2.24) is 0 Å². The molecule has 0 aliphatic rings. The van der Waals surface area contributed by atoms with Gasteiger partial charge in [-0.15, -0.1) is 0 Å². The largest absolute Gasteiger partial charge is 0.507 e. The van der Waals surface area contributed by atoms with Gasteiger partial charge < -0.3 is 5.11 Å². The second-order valence-corrected chi connectivity index (χ2v) is 3.60. The van der Waals surface area contributed by atoms with Gasteiger partial charge in [-0.05, 0) is 35.0 Å². The Morgan fingerprint density at radius 1 is 1.50 bits per heavy atom. The van der Waals surface area contributed by atoms with Gasteiger partial charge in [0.15, 0.2) is 5.78 Å². The summed E-state index contributed by atoms with van der Waals surface area (Å²) in [5.41, 5.74) is -0.525. The second kappa shape index (κ2) is 4.04. The van der Waals surface area contributed by atoms with E-state index in [4.69, 9.17) is 5.11 Å². The number of phenols is 1. The first-order valence-corrected chi connectivity index (χ1v) is 4.54. The Balaban J connectivity index is 3.39. The number of carbonyl (C=O) groups excluding carboxylic acids is 1. The number of rotatable bonds is 2. The van der Waals surface area contributed by atoms with E-state index in [1.165, 1.54) is 13.0 Å². The van der Waals surface area contributed by atoms with Gasteiger partial charge in [-0.2, -0.15) is 0 Å². The van der Waals surface area contributed by atoms with Gasteiger partial charge in [-0.25, -0.2) is 8.78 Å². The van der Waals surface area contributed by atoms with Gasteiger partial charge in [-0.3, -0.25) is 4.79 Å². The minimum absolute atomic E-state index is 0.0790. The molecule has 0 saturated heterocycles. The van der Waals surface area contributed by atoms with E-state index in [0.29, 0.717) is 0 Å². The number of halogens is 3. The van der Waals surface area contributed by atoms with Crippen molar-refractivity contribution in [2.75, 3.05) is 0 Å². The van der Waals surface area contributed by atoms with Crippen molar-refractivity contribution < 1.29 is 18.7 Å². The van der Waals surface area contributed by atoms with E-state index in [0.717, 1.165) is 6.07 Å². The summed E-state index contributed by atoms with van der Waals surface area (Å²) < 4.78 is 25.1. The first kappa shape index (κ1) is 11.1. The lowest BCUT2D eigenvalue weighted by atomic mass is 10.0. The Morgan fingerprint density at radius 2 is 2.07 bits per heavy atom. The maximum absolute atomic E-state index is 12.4. The Labute approximate surface area is 87.7 Å². The van der Waals surface area contributed by atoms with E-state index in [9.17, 15) is 13.6 Å². The molecule has 0 heterocycles. The van der Waals surface area contributed by atoms with Crippen molar-refractivity contribution >= 4 is 21.7 Å². The van der Waals surface area contributed by atoms with Gasteiger partial charge in [0.1, 0.15) is 5.75 Å². The zero-order chi connectivity index (χ0) is 10.9. The van der Waals surface area contributed by atoms with E-state index >= 15 is 0 Å². The molecule has 76 valence electrons. The van der Waals surface area contributed by atoms with Crippen LogP contribution in [0.3, 0.4) is 0 Å². The lowest BCUT2D eigenvalue weighted by Crippen LogP contribution is -2.00. The fourth-order valence-corrected chi connectivity index (χ4v) is 1.41. The number of Topliss-reactive ketones (excluding diaryl/α,β-unsaturated/α-hetero) is 1. The topological polar surface area (TPSA) is 37.3 Å². The molecular weight excluding hydrogens is 258 g/mol. The van der Waals surface area contributed by atoms with Crippen LogP contribution < -0.4 is 0 Å². The molecule has 0 atom stereocenters. The summed E-state index contributed by atoms with van der Waals surface area (Å²) in [4.78, 5) is 11.0. The third kappa shape index (κ3) is 2.09.